The zero-order chi connectivity index (χ0) is 33.8. The zero-order valence-electron chi connectivity index (χ0n) is 24.8. The third-order valence-corrected chi connectivity index (χ3v) is 8.97. The maximum atomic E-state index is 11.5. The number of carbonyl (C=O) groups excluding carboxylic acids is 3. The molecule has 5 N–H and O–H groups in total. The number of rotatable bonds is 9. The second-order valence-electron chi connectivity index (χ2n) is 8.61. The largest absolute Gasteiger partial charge is 0.478 e. The molecular formula is C31H35Br3N3O5P3. The van der Waals surface area contributed by atoms with Gasteiger partial charge in [0, 0.05) is 36.2 Å². The molecule has 45 heavy (non-hydrogen) atoms. The smallest absolute Gasteiger partial charge is 0.320 e. The first kappa shape index (κ1) is 40.9. The maximum Gasteiger partial charge on any atom is 0.320 e. The van der Waals surface area contributed by atoms with Crippen molar-refractivity contribution in [2.75, 3.05) is 33.1 Å². The Balaban J connectivity index is 0.000000317. The number of halogens is 3. The SMILES string of the molecule is CPC(=O)NCC(=O)c1ccc(Br)cc1.CPC(=O)O.CPc1cc(-c2ccc(Br)cc2)c[nH]1.NCC(=O)c1ccc(Br)cc1. The molecule has 8 nitrogen and oxygen atoms in total. The molecule has 0 bridgehead atoms. The van der Waals surface area contributed by atoms with E-state index in [4.69, 9.17) is 10.8 Å². The standard InChI is InChI=1S/C11H11BrNP.C10H11BrNO2P.C8H8BrNO.C2H5O2P/c1-14-11-6-9(7-13-11)8-2-4-10(12)5-3-8;1-15-10(14)12-6-9(13)7-2-4-8(11)5-3-7;9-7-3-1-6(2-4-7)8(11)5-10;1-5-2(3)4/h2-7,13-14H,1H3;2-5,15H,6H2,1H3,(H,12,14);1-4H,5,10H2;5H,1H3,(H,3,4). The third-order valence-electron chi connectivity index (χ3n) is 5.50. The molecule has 0 aliphatic carbocycles. The lowest BCUT2D eigenvalue weighted by molar-refractivity contribution is 0.0989. The Kier molecular flexibility index (Phi) is 21.2. The van der Waals surface area contributed by atoms with Crippen LogP contribution in [-0.4, -0.2) is 66.1 Å². The maximum absolute atomic E-state index is 11.5. The van der Waals surface area contributed by atoms with Crippen LogP contribution >= 0.6 is 73.5 Å². The zero-order valence-corrected chi connectivity index (χ0v) is 32.5. The molecule has 1 aromatic heterocycles. The third kappa shape index (κ3) is 17.4. The van der Waals surface area contributed by atoms with Gasteiger partial charge in [-0.1, -0.05) is 92.8 Å². The number of H-pyrrole nitrogens is 1. The van der Waals surface area contributed by atoms with E-state index in [1.54, 1.807) is 49.7 Å². The minimum Gasteiger partial charge on any atom is -0.478 e. The first-order chi connectivity index (χ1) is 21.4. The van der Waals surface area contributed by atoms with Crippen LogP contribution < -0.4 is 16.5 Å². The molecule has 1 amide bonds. The highest BCUT2D eigenvalue weighted by Crippen LogP contribution is 2.22. The minimum absolute atomic E-state index is 0.0301. The van der Waals surface area contributed by atoms with Gasteiger partial charge in [0.2, 0.25) is 5.65 Å². The summed E-state index contributed by atoms with van der Waals surface area (Å²) in [6.07, 6.45) is 2.06. The molecule has 0 radical (unpaired) electrons. The van der Waals surface area contributed by atoms with Crippen LogP contribution in [0.4, 0.5) is 9.59 Å². The molecule has 3 unspecified atom stereocenters. The molecule has 0 aliphatic rings. The number of amides is 1. The van der Waals surface area contributed by atoms with Gasteiger partial charge in [-0.05, 0) is 90.7 Å². The molecule has 0 saturated carbocycles. The lowest BCUT2D eigenvalue weighted by atomic mass is 10.1. The van der Waals surface area contributed by atoms with Crippen molar-refractivity contribution < 1.29 is 24.3 Å². The van der Waals surface area contributed by atoms with Crippen LogP contribution in [0, 0.1) is 0 Å². The topological polar surface area (TPSA) is 142 Å². The van der Waals surface area contributed by atoms with Crippen LogP contribution in [0.3, 0.4) is 0 Å². The summed E-state index contributed by atoms with van der Waals surface area (Å²) < 4.78 is 3.01. The van der Waals surface area contributed by atoms with Crippen molar-refractivity contribution in [1.29, 1.82) is 0 Å². The molecule has 4 rings (SSSR count). The van der Waals surface area contributed by atoms with E-state index in [2.05, 4.69) is 101 Å². The highest BCUT2D eigenvalue weighted by Gasteiger charge is 2.06. The molecular weight excluding hydrogens is 827 g/mol. The number of aromatic nitrogens is 1. The van der Waals surface area contributed by atoms with E-state index in [0.717, 1.165) is 22.0 Å². The Hall–Kier alpha value is -2.09. The Morgan fingerprint density at radius 3 is 1.56 bits per heavy atom. The van der Waals surface area contributed by atoms with Gasteiger partial charge in [-0.2, -0.15) is 0 Å². The Bertz CT molecular complexity index is 1500. The van der Waals surface area contributed by atoms with Crippen LogP contribution in [-0.2, 0) is 0 Å². The number of aromatic amines is 1. The summed E-state index contributed by atoms with van der Waals surface area (Å²) in [7, 11) is 1.04. The second kappa shape index (κ2) is 23.3. The lowest BCUT2D eigenvalue weighted by Gasteiger charge is -2.02. The van der Waals surface area contributed by atoms with E-state index >= 15 is 0 Å². The van der Waals surface area contributed by atoms with Crippen LogP contribution in [0.2, 0.25) is 0 Å². The van der Waals surface area contributed by atoms with Gasteiger partial charge in [-0.3, -0.25) is 14.4 Å². The monoisotopic (exact) mass is 859 g/mol. The van der Waals surface area contributed by atoms with Gasteiger partial charge < -0.3 is 21.1 Å². The molecule has 0 saturated heterocycles. The predicted octanol–water partition coefficient (Wildman–Crippen LogP) is 8.59. The molecule has 3 atom stereocenters. The molecule has 4 aromatic rings. The number of benzene rings is 3. The van der Waals surface area contributed by atoms with Crippen molar-refractivity contribution >= 4 is 102 Å². The minimum atomic E-state index is -0.718. The fourth-order valence-electron chi connectivity index (χ4n) is 3.09. The van der Waals surface area contributed by atoms with Gasteiger partial charge in [0.05, 0.1) is 13.1 Å². The van der Waals surface area contributed by atoms with Gasteiger partial charge in [0.25, 0.3) is 0 Å². The van der Waals surface area contributed by atoms with Gasteiger partial charge in [0.15, 0.2) is 11.6 Å². The number of carboxylic acid groups (broad SMARTS) is 1. The number of nitrogens with two attached hydrogens (primary N) is 1. The fraction of sp³-hybridized carbons (Fsp3) is 0.161. The molecule has 240 valence electrons. The molecule has 3 aromatic carbocycles. The summed E-state index contributed by atoms with van der Waals surface area (Å²) in [5, 5.41) is 10.3. The Morgan fingerprint density at radius 1 is 0.733 bits per heavy atom. The molecule has 14 heteroatoms. The Labute approximate surface area is 294 Å². The molecule has 0 aliphatic heterocycles. The van der Waals surface area contributed by atoms with E-state index < -0.39 is 5.71 Å². The van der Waals surface area contributed by atoms with E-state index in [-0.39, 0.29) is 47.5 Å². The molecule has 0 spiro atoms. The number of Topliss-reactive ketones (excluding diaryl/α,β-unsaturated/α-hetero) is 2. The van der Waals surface area contributed by atoms with Gasteiger partial charge >= 0.3 is 5.71 Å². The van der Waals surface area contributed by atoms with Crippen LogP contribution in [0.1, 0.15) is 20.7 Å². The Morgan fingerprint density at radius 2 is 1.18 bits per heavy atom. The number of carbonyl (C=O) groups is 4. The average molecular weight is 862 g/mol. The van der Waals surface area contributed by atoms with E-state index in [9.17, 15) is 19.2 Å². The van der Waals surface area contributed by atoms with Crippen molar-refractivity contribution in [3.63, 3.8) is 0 Å². The van der Waals surface area contributed by atoms with Crippen LogP contribution in [0.15, 0.2) is 98.5 Å². The quantitative estimate of drug-likeness (QED) is 0.0982. The average Bonchev–Trinajstić information content (AvgIpc) is 3.54. The summed E-state index contributed by atoms with van der Waals surface area (Å²) in [4.78, 5) is 46.1. The summed E-state index contributed by atoms with van der Waals surface area (Å²) in [6.45, 7) is 5.72. The van der Waals surface area contributed by atoms with Crippen molar-refractivity contribution in [3.8, 4) is 11.1 Å². The van der Waals surface area contributed by atoms with Crippen LogP contribution in [0.25, 0.3) is 11.1 Å². The fourth-order valence-corrected chi connectivity index (χ4v) is 4.66. The summed E-state index contributed by atoms with van der Waals surface area (Å²) >= 11 is 9.99. The summed E-state index contributed by atoms with van der Waals surface area (Å²) in [6, 6.07) is 24.8. The van der Waals surface area contributed by atoms with E-state index in [1.165, 1.54) is 16.6 Å². The molecule has 1 heterocycles. The lowest BCUT2D eigenvalue weighted by Crippen LogP contribution is -2.25. The highest BCUT2D eigenvalue weighted by molar-refractivity contribution is 9.11. The summed E-state index contributed by atoms with van der Waals surface area (Å²) in [5.74, 6) is -0.105. The van der Waals surface area contributed by atoms with Gasteiger partial charge in [-0.15, -0.1) is 0 Å². The van der Waals surface area contributed by atoms with Crippen LogP contribution in [0.5, 0.6) is 0 Å². The van der Waals surface area contributed by atoms with E-state index in [1.807, 2.05) is 12.1 Å². The van der Waals surface area contributed by atoms with Gasteiger partial charge in [-0.25, -0.2) is 4.79 Å². The number of nitrogens with one attached hydrogen (secondary N) is 2. The number of ketones is 2. The molecule has 0 fully saturated rings. The van der Waals surface area contributed by atoms with Gasteiger partial charge in [0.1, 0.15) is 0 Å². The van der Waals surface area contributed by atoms with Crippen molar-refractivity contribution in [2.45, 2.75) is 0 Å². The van der Waals surface area contributed by atoms with Crippen molar-refractivity contribution in [2.24, 2.45) is 5.73 Å². The summed E-state index contributed by atoms with van der Waals surface area (Å²) in [5.41, 5.74) is 9.48. The normalized spacial score (nSPS) is 10.5. The van der Waals surface area contributed by atoms with E-state index in [0.29, 0.717) is 11.1 Å². The first-order valence-corrected chi connectivity index (χ1v) is 20.1. The first-order valence-electron chi connectivity index (χ1n) is 13.2. The highest BCUT2D eigenvalue weighted by atomic mass is 79.9. The number of hydrogen-bond donors (Lipinski definition) is 4. The second-order valence-corrected chi connectivity index (χ2v) is 14.3. The van der Waals surface area contributed by atoms with Crippen molar-refractivity contribution in [1.82, 2.24) is 10.3 Å². The van der Waals surface area contributed by atoms with Crippen molar-refractivity contribution in [3.05, 3.63) is 110 Å². The predicted molar refractivity (Wildman–Crippen MR) is 204 cm³/mol. The number of hydrogen-bond acceptors (Lipinski definition) is 5.